The van der Waals surface area contributed by atoms with Crippen LogP contribution in [0.3, 0.4) is 0 Å². The zero-order valence-electron chi connectivity index (χ0n) is 11.1. The van der Waals surface area contributed by atoms with E-state index in [1.54, 1.807) is 0 Å². The first-order valence-electron chi connectivity index (χ1n) is 6.12. The minimum atomic E-state index is -0.580. The van der Waals surface area contributed by atoms with E-state index in [1.807, 2.05) is 0 Å². The van der Waals surface area contributed by atoms with Gasteiger partial charge in [-0.25, -0.2) is 0 Å². The maximum absolute atomic E-state index is 10.9. The summed E-state index contributed by atoms with van der Waals surface area (Å²) in [5, 5.41) is 13.5. The molecule has 0 aliphatic carbocycles. The molecular weight excluding hydrogens is 319 g/mol. The molecule has 0 bridgehead atoms. The third-order valence-electron chi connectivity index (χ3n) is 2.50. The van der Waals surface area contributed by atoms with E-state index >= 15 is 0 Å². The standard InChI is InChI=1S/C13H14Cl2N2O4/c1-2-12(18)16-5-3-4-6-21-13-10(14)7-9(17(19)20)8-11(13)15/h2,7-8H,1,3-6H2,(H,16,18). The average molecular weight is 333 g/mol. The molecule has 0 spiro atoms. The van der Waals surface area contributed by atoms with Crippen molar-refractivity contribution in [2.75, 3.05) is 13.2 Å². The maximum Gasteiger partial charge on any atom is 0.272 e. The summed E-state index contributed by atoms with van der Waals surface area (Å²) in [6, 6.07) is 2.38. The maximum atomic E-state index is 10.9. The number of ether oxygens (including phenoxy) is 1. The molecule has 114 valence electrons. The highest BCUT2D eigenvalue weighted by Gasteiger charge is 2.15. The topological polar surface area (TPSA) is 81.5 Å². The number of hydrogen-bond acceptors (Lipinski definition) is 4. The van der Waals surface area contributed by atoms with Crippen LogP contribution >= 0.6 is 23.2 Å². The Labute approximate surface area is 131 Å². The van der Waals surface area contributed by atoms with Crippen LogP contribution in [0.5, 0.6) is 5.75 Å². The smallest absolute Gasteiger partial charge is 0.272 e. The van der Waals surface area contributed by atoms with Crippen LogP contribution in [-0.4, -0.2) is 24.0 Å². The van der Waals surface area contributed by atoms with Crippen LogP contribution in [-0.2, 0) is 4.79 Å². The first-order valence-corrected chi connectivity index (χ1v) is 6.87. The van der Waals surface area contributed by atoms with Gasteiger partial charge in [-0.15, -0.1) is 0 Å². The summed E-state index contributed by atoms with van der Waals surface area (Å²) in [6.07, 6.45) is 2.58. The first kappa shape index (κ1) is 17.3. The van der Waals surface area contributed by atoms with Crippen LogP contribution in [0.1, 0.15) is 12.8 Å². The van der Waals surface area contributed by atoms with Crippen molar-refractivity contribution in [1.29, 1.82) is 0 Å². The lowest BCUT2D eigenvalue weighted by atomic mass is 10.3. The lowest BCUT2D eigenvalue weighted by Crippen LogP contribution is -2.22. The number of halogens is 2. The Morgan fingerprint density at radius 3 is 2.52 bits per heavy atom. The summed E-state index contributed by atoms with van der Waals surface area (Å²) in [5.41, 5.74) is -0.190. The summed E-state index contributed by atoms with van der Waals surface area (Å²) in [6.45, 7) is 4.18. The average Bonchev–Trinajstić information content (AvgIpc) is 2.44. The molecule has 0 aromatic heterocycles. The molecule has 1 N–H and O–H groups in total. The highest BCUT2D eigenvalue weighted by Crippen LogP contribution is 2.36. The van der Waals surface area contributed by atoms with Gasteiger partial charge in [-0.2, -0.15) is 0 Å². The Morgan fingerprint density at radius 2 is 2.00 bits per heavy atom. The Bertz CT molecular complexity index is 526. The van der Waals surface area contributed by atoms with Crippen molar-refractivity contribution in [3.63, 3.8) is 0 Å². The quantitative estimate of drug-likeness (QED) is 0.342. The molecule has 0 aliphatic rings. The van der Waals surface area contributed by atoms with E-state index in [0.29, 0.717) is 26.0 Å². The van der Waals surface area contributed by atoms with Gasteiger partial charge in [0.1, 0.15) is 0 Å². The molecule has 0 heterocycles. The van der Waals surface area contributed by atoms with Gasteiger partial charge in [-0.3, -0.25) is 14.9 Å². The summed E-state index contributed by atoms with van der Waals surface area (Å²) in [7, 11) is 0. The van der Waals surface area contributed by atoms with Crippen molar-refractivity contribution in [1.82, 2.24) is 5.32 Å². The second kappa shape index (κ2) is 8.49. The third kappa shape index (κ3) is 5.61. The molecule has 1 aromatic rings. The number of non-ortho nitro benzene ring substituents is 1. The lowest BCUT2D eigenvalue weighted by molar-refractivity contribution is -0.384. The van der Waals surface area contributed by atoms with Gasteiger partial charge in [-0.05, 0) is 18.9 Å². The number of carbonyl (C=O) groups excluding carboxylic acids is 1. The van der Waals surface area contributed by atoms with Crippen LogP contribution < -0.4 is 10.1 Å². The number of hydrogen-bond donors (Lipinski definition) is 1. The van der Waals surface area contributed by atoms with Gasteiger partial charge in [0, 0.05) is 18.7 Å². The molecule has 6 nitrogen and oxygen atoms in total. The fourth-order valence-corrected chi connectivity index (χ4v) is 2.06. The summed E-state index contributed by atoms with van der Waals surface area (Å²) >= 11 is 11.8. The first-order chi connectivity index (χ1) is 9.95. The Kier molecular flexibility index (Phi) is 6.98. The molecule has 0 radical (unpaired) electrons. The largest absolute Gasteiger partial charge is 0.490 e. The summed E-state index contributed by atoms with van der Waals surface area (Å²) in [5.74, 6) is -0.00330. The molecule has 8 heteroatoms. The number of rotatable bonds is 8. The van der Waals surface area contributed by atoms with E-state index in [2.05, 4.69) is 11.9 Å². The van der Waals surface area contributed by atoms with Crippen LogP contribution in [0.25, 0.3) is 0 Å². The van der Waals surface area contributed by atoms with E-state index in [-0.39, 0.29) is 27.4 Å². The number of carbonyl (C=O) groups is 1. The molecule has 1 rings (SSSR count). The molecule has 0 saturated heterocycles. The molecular formula is C13H14Cl2N2O4. The van der Waals surface area contributed by atoms with Gasteiger partial charge in [0.15, 0.2) is 5.75 Å². The van der Waals surface area contributed by atoms with E-state index in [9.17, 15) is 14.9 Å². The fourth-order valence-electron chi connectivity index (χ4n) is 1.47. The molecule has 1 aromatic carbocycles. The molecule has 0 aliphatic heterocycles. The predicted molar refractivity (Wildman–Crippen MR) is 81.1 cm³/mol. The number of benzene rings is 1. The van der Waals surface area contributed by atoms with Crippen LogP contribution in [0, 0.1) is 10.1 Å². The molecule has 0 unspecified atom stereocenters. The number of nitro benzene ring substituents is 1. The van der Waals surface area contributed by atoms with Crippen molar-refractivity contribution in [3.05, 3.63) is 44.9 Å². The molecule has 0 fully saturated rings. The second-order valence-corrected chi connectivity index (χ2v) is 4.86. The van der Waals surface area contributed by atoms with Crippen molar-refractivity contribution < 1.29 is 14.5 Å². The highest BCUT2D eigenvalue weighted by atomic mass is 35.5. The van der Waals surface area contributed by atoms with E-state index in [1.165, 1.54) is 18.2 Å². The van der Waals surface area contributed by atoms with Crippen molar-refractivity contribution in [3.8, 4) is 5.75 Å². The van der Waals surface area contributed by atoms with E-state index < -0.39 is 4.92 Å². The zero-order chi connectivity index (χ0) is 15.8. The normalized spacial score (nSPS) is 10.0. The van der Waals surface area contributed by atoms with Gasteiger partial charge in [-0.1, -0.05) is 29.8 Å². The highest BCUT2D eigenvalue weighted by molar-refractivity contribution is 6.37. The third-order valence-corrected chi connectivity index (χ3v) is 3.06. The van der Waals surface area contributed by atoms with Gasteiger partial charge in [0.05, 0.1) is 21.6 Å². The molecule has 1 amide bonds. The molecule has 0 atom stereocenters. The van der Waals surface area contributed by atoms with Crippen molar-refractivity contribution in [2.45, 2.75) is 12.8 Å². The lowest BCUT2D eigenvalue weighted by Gasteiger charge is -2.10. The SMILES string of the molecule is C=CC(=O)NCCCCOc1c(Cl)cc([N+](=O)[O-])cc1Cl. The van der Waals surface area contributed by atoms with Crippen LogP contribution in [0.15, 0.2) is 24.8 Å². The summed E-state index contributed by atoms with van der Waals surface area (Å²) in [4.78, 5) is 20.9. The van der Waals surface area contributed by atoms with Crippen molar-refractivity contribution in [2.24, 2.45) is 0 Å². The Hall–Kier alpha value is -1.79. The molecule has 21 heavy (non-hydrogen) atoms. The zero-order valence-corrected chi connectivity index (χ0v) is 12.6. The van der Waals surface area contributed by atoms with Gasteiger partial charge >= 0.3 is 0 Å². The fraction of sp³-hybridized carbons (Fsp3) is 0.308. The van der Waals surface area contributed by atoms with Crippen molar-refractivity contribution >= 4 is 34.8 Å². The minimum absolute atomic E-state index is 0.0918. The minimum Gasteiger partial charge on any atom is -0.490 e. The number of unbranched alkanes of at least 4 members (excludes halogenated alkanes) is 1. The number of nitrogens with one attached hydrogen (secondary N) is 1. The van der Waals surface area contributed by atoms with E-state index in [0.717, 1.165) is 0 Å². The second-order valence-electron chi connectivity index (χ2n) is 4.05. The van der Waals surface area contributed by atoms with Crippen LogP contribution in [0.2, 0.25) is 10.0 Å². The number of amides is 1. The number of nitrogens with zero attached hydrogens (tertiary/aromatic N) is 1. The van der Waals surface area contributed by atoms with Gasteiger partial charge in [0.25, 0.3) is 5.69 Å². The Morgan fingerprint density at radius 1 is 1.38 bits per heavy atom. The predicted octanol–water partition coefficient (Wildman–Crippen LogP) is 3.36. The molecule has 0 saturated carbocycles. The van der Waals surface area contributed by atoms with Gasteiger partial charge in [0.2, 0.25) is 5.91 Å². The Balaban J connectivity index is 2.44. The van der Waals surface area contributed by atoms with Gasteiger partial charge < -0.3 is 10.1 Å². The number of nitro groups is 1. The van der Waals surface area contributed by atoms with E-state index in [4.69, 9.17) is 27.9 Å². The summed E-state index contributed by atoms with van der Waals surface area (Å²) < 4.78 is 5.42. The monoisotopic (exact) mass is 332 g/mol. The van der Waals surface area contributed by atoms with Crippen LogP contribution in [0.4, 0.5) is 5.69 Å².